The molecular weight excluding hydrogens is 256 g/mol. The summed E-state index contributed by atoms with van der Waals surface area (Å²) in [6.45, 7) is 5.06. The first kappa shape index (κ1) is 13.7. The second kappa shape index (κ2) is 4.76. The van der Waals surface area contributed by atoms with E-state index in [1.165, 1.54) is 38.5 Å². The van der Waals surface area contributed by atoms with Crippen molar-refractivity contribution in [3.63, 3.8) is 0 Å². The summed E-state index contributed by atoms with van der Waals surface area (Å²) in [6.07, 6.45) is 8.45. The highest BCUT2D eigenvalue weighted by Crippen LogP contribution is 2.62. The quantitative estimate of drug-likeness (QED) is 0.690. The maximum atomic E-state index is 5.42. The molecule has 0 N–H and O–H groups in total. The molecule has 2 saturated carbocycles. The number of aryl methyl sites for hydroxylation is 1. The van der Waals surface area contributed by atoms with E-state index in [0.29, 0.717) is 5.41 Å². The predicted octanol–water partition coefficient (Wildman–Crippen LogP) is 5.19. The first-order valence-electron chi connectivity index (χ1n) is 8.77. The van der Waals surface area contributed by atoms with Crippen molar-refractivity contribution in [1.82, 2.24) is 0 Å². The van der Waals surface area contributed by atoms with E-state index in [0.717, 1.165) is 29.4 Å². The lowest BCUT2D eigenvalue weighted by molar-refractivity contribution is 0.0598. The minimum absolute atomic E-state index is 0.643. The topological polar surface area (TPSA) is 9.23 Å². The van der Waals surface area contributed by atoms with E-state index in [9.17, 15) is 0 Å². The molecule has 4 unspecified atom stereocenters. The molecule has 0 aromatic heterocycles. The molecule has 2 fully saturated rings. The van der Waals surface area contributed by atoms with Crippen LogP contribution in [0.5, 0.6) is 5.75 Å². The van der Waals surface area contributed by atoms with Gasteiger partial charge in [0.2, 0.25) is 0 Å². The Kier molecular flexibility index (Phi) is 3.10. The second-order valence-electron chi connectivity index (χ2n) is 8.22. The lowest BCUT2D eigenvalue weighted by atomic mass is 9.56. The molecule has 114 valence electrons. The largest absolute Gasteiger partial charge is 0.497 e. The number of benzene rings is 1. The number of fused-ring (bicyclic) bond motifs is 5. The molecule has 0 saturated heterocycles. The van der Waals surface area contributed by atoms with Crippen molar-refractivity contribution in [2.24, 2.45) is 23.2 Å². The monoisotopic (exact) mass is 284 g/mol. The molecule has 1 aromatic carbocycles. The van der Waals surface area contributed by atoms with Gasteiger partial charge in [0.25, 0.3) is 0 Å². The molecule has 5 atom stereocenters. The molecule has 4 rings (SSSR count). The average Bonchev–Trinajstić information content (AvgIpc) is 2.80. The first-order chi connectivity index (χ1) is 10.1. The van der Waals surface area contributed by atoms with Crippen LogP contribution < -0.4 is 4.74 Å². The van der Waals surface area contributed by atoms with Crippen LogP contribution in [0.4, 0.5) is 0 Å². The molecular formula is C20H28O. The second-order valence-corrected chi connectivity index (χ2v) is 8.22. The molecule has 0 aliphatic heterocycles. The highest BCUT2D eigenvalue weighted by molar-refractivity contribution is 5.40. The Morgan fingerprint density at radius 1 is 1.24 bits per heavy atom. The summed E-state index contributed by atoms with van der Waals surface area (Å²) in [6, 6.07) is 6.83. The number of hydrogen-bond acceptors (Lipinski definition) is 1. The summed E-state index contributed by atoms with van der Waals surface area (Å²) in [5, 5.41) is 0. The lowest BCUT2D eigenvalue weighted by Crippen LogP contribution is -2.39. The highest BCUT2D eigenvalue weighted by atomic mass is 16.5. The van der Waals surface area contributed by atoms with Gasteiger partial charge in [0, 0.05) is 0 Å². The predicted molar refractivity (Wildman–Crippen MR) is 86.8 cm³/mol. The maximum Gasteiger partial charge on any atom is 0.119 e. The summed E-state index contributed by atoms with van der Waals surface area (Å²) in [4.78, 5) is 0. The van der Waals surface area contributed by atoms with Crippen LogP contribution in [0.2, 0.25) is 0 Å². The van der Waals surface area contributed by atoms with Crippen molar-refractivity contribution < 1.29 is 4.74 Å². The summed E-state index contributed by atoms with van der Waals surface area (Å²) in [5.41, 5.74) is 3.85. The third-order valence-corrected chi connectivity index (χ3v) is 6.92. The highest BCUT2D eigenvalue weighted by Gasteiger charge is 2.51. The van der Waals surface area contributed by atoms with Gasteiger partial charge in [0.05, 0.1) is 7.11 Å². The van der Waals surface area contributed by atoms with Crippen molar-refractivity contribution >= 4 is 0 Å². The van der Waals surface area contributed by atoms with Crippen LogP contribution in [0.1, 0.15) is 63.0 Å². The van der Waals surface area contributed by atoms with E-state index in [1.54, 1.807) is 18.2 Å². The van der Waals surface area contributed by atoms with Crippen LogP contribution >= 0.6 is 0 Å². The van der Waals surface area contributed by atoms with Gasteiger partial charge in [-0.05, 0) is 90.9 Å². The fraction of sp³-hybridized carbons (Fsp3) is 0.700. The number of ether oxygens (including phenoxy) is 1. The van der Waals surface area contributed by atoms with E-state index < -0.39 is 0 Å². The molecule has 3 aliphatic carbocycles. The van der Waals surface area contributed by atoms with E-state index in [1.807, 2.05) is 0 Å². The van der Waals surface area contributed by atoms with E-state index >= 15 is 0 Å². The van der Waals surface area contributed by atoms with Gasteiger partial charge in [0.15, 0.2) is 0 Å². The maximum absolute atomic E-state index is 5.42. The third-order valence-electron chi connectivity index (χ3n) is 6.92. The fourth-order valence-corrected chi connectivity index (χ4v) is 6.11. The number of rotatable bonds is 1. The standard InChI is InChI=1S/C20H28O/c1-13-10-19-18-6-4-14-11-15(21-3)5-7-16(14)17(18)8-9-20(19,2)12-13/h5,7,11,13,17-19H,4,6,8-10,12H2,1-3H3/t13?,17?,18?,19?,20-/m1/s1. The normalized spacial score (nSPS) is 41.1. The summed E-state index contributed by atoms with van der Waals surface area (Å²) >= 11 is 0. The molecule has 0 amide bonds. The van der Waals surface area contributed by atoms with Gasteiger partial charge in [-0.15, -0.1) is 0 Å². The van der Waals surface area contributed by atoms with E-state index in [-0.39, 0.29) is 0 Å². The van der Waals surface area contributed by atoms with Crippen molar-refractivity contribution in [2.45, 2.75) is 58.3 Å². The zero-order valence-electron chi connectivity index (χ0n) is 13.7. The van der Waals surface area contributed by atoms with Gasteiger partial charge in [0.1, 0.15) is 5.75 Å². The van der Waals surface area contributed by atoms with Gasteiger partial charge in [-0.3, -0.25) is 0 Å². The molecule has 0 radical (unpaired) electrons. The Hall–Kier alpha value is -0.980. The third kappa shape index (κ3) is 2.04. The molecule has 0 heterocycles. The molecule has 0 spiro atoms. The SMILES string of the molecule is COc1ccc2c(c1)CCC1C2CC[C@]2(C)CC(C)CC12. The minimum Gasteiger partial charge on any atom is -0.497 e. The number of hydrogen-bond donors (Lipinski definition) is 0. The van der Waals surface area contributed by atoms with E-state index in [4.69, 9.17) is 4.74 Å². The van der Waals surface area contributed by atoms with Crippen LogP contribution in [0, 0.1) is 23.2 Å². The Morgan fingerprint density at radius 3 is 2.90 bits per heavy atom. The zero-order valence-corrected chi connectivity index (χ0v) is 13.7. The molecule has 0 bridgehead atoms. The van der Waals surface area contributed by atoms with Crippen LogP contribution in [0.25, 0.3) is 0 Å². The van der Waals surface area contributed by atoms with Gasteiger partial charge in [-0.25, -0.2) is 0 Å². The number of methoxy groups -OCH3 is 1. The molecule has 1 heteroatoms. The van der Waals surface area contributed by atoms with Crippen molar-refractivity contribution in [1.29, 1.82) is 0 Å². The molecule has 1 aromatic rings. The van der Waals surface area contributed by atoms with Crippen LogP contribution in [0.15, 0.2) is 18.2 Å². The van der Waals surface area contributed by atoms with Crippen molar-refractivity contribution in [3.8, 4) is 5.75 Å². The van der Waals surface area contributed by atoms with Gasteiger partial charge < -0.3 is 4.74 Å². The van der Waals surface area contributed by atoms with Crippen molar-refractivity contribution in [3.05, 3.63) is 29.3 Å². The summed E-state index contributed by atoms with van der Waals surface area (Å²) < 4.78 is 5.42. The van der Waals surface area contributed by atoms with E-state index in [2.05, 4.69) is 32.0 Å². The summed E-state index contributed by atoms with van der Waals surface area (Å²) in [5.74, 6) is 4.71. The Bertz CT molecular complexity index is 549. The van der Waals surface area contributed by atoms with Gasteiger partial charge in [-0.1, -0.05) is 19.9 Å². The van der Waals surface area contributed by atoms with Crippen LogP contribution in [0.3, 0.4) is 0 Å². The summed E-state index contributed by atoms with van der Waals surface area (Å²) in [7, 11) is 1.78. The smallest absolute Gasteiger partial charge is 0.119 e. The van der Waals surface area contributed by atoms with Gasteiger partial charge in [-0.2, -0.15) is 0 Å². The lowest BCUT2D eigenvalue weighted by Gasteiger charge is -2.49. The Labute approximate surface area is 129 Å². The fourth-order valence-electron chi connectivity index (χ4n) is 6.11. The van der Waals surface area contributed by atoms with Crippen molar-refractivity contribution in [2.75, 3.05) is 7.11 Å². The average molecular weight is 284 g/mol. The Morgan fingerprint density at radius 2 is 2.10 bits per heavy atom. The minimum atomic E-state index is 0.643. The Balaban J connectivity index is 1.68. The molecule has 21 heavy (non-hydrogen) atoms. The molecule has 1 nitrogen and oxygen atoms in total. The first-order valence-corrected chi connectivity index (χ1v) is 8.77. The van der Waals surface area contributed by atoms with Crippen LogP contribution in [-0.2, 0) is 6.42 Å². The molecule has 3 aliphatic rings. The van der Waals surface area contributed by atoms with Crippen LogP contribution in [-0.4, -0.2) is 7.11 Å². The van der Waals surface area contributed by atoms with Gasteiger partial charge >= 0.3 is 0 Å². The zero-order chi connectivity index (χ0) is 14.6.